The Bertz CT molecular complexity index is 1140. The summed E-state index contributed by atoms with van der Waals surface area (Å²) in [5.74, 6) is 1.50. The molecule has 0 spiro atoms. The van der Waals surface area contributed by atoms with Crippen LogP contribution in [0.2, 0.25) is 0 Å². The van der Waals surface area contributed by atoms with Crippen LogP contribution >= 0.6 is 11.3 Å². The molecule has 0 N–H and O–H groups in total. The van der Waals surface area contributed by atoms with Gasteiger partial charge in [-0.1, -0.05) is 20.8 Å². The zero-order valence-electron chi connectivity index (χ0n) is 16.2. The molecule has 140 valence electrons. The summed E-state index contributed by atoms with van der Waals surface area (Å²) in [7, 11) is 0. The molecular weight excluding hydrogens is 356 g/mol. The molecule has 0 saturated carbocycles. The van der Waals surface area contributed by atoms with E-state index in [0.717, 1.165) is 40.8 Å². The normalized spacial score (nSPS) is 17.7. The number of thiophene rings is 1. The van der Waals surface area contributed by atoms with Crippen LogP contribution in [-0.2, 0) is 19.4 Å². The highest BCUT2D eigenvalue weighted by molar-refractivity contribution is 7.19. The molecule has 0 aromatic carbocycles. The Balaban J connectivity index is 1.59. The van der Waals surface area contributed by atoms with Gasteiger partial charge in [0.15, 0.2) is 11.5 Å². The Labute approximate surface area is 162 Å². The van der Waals surface area contributed by atoms with Crippen LogP contribution in [0.25, 0.3) is 15.9 Å². The van der Waals surface area contributed by atoms with E-state index in [0.29, 0.717) is 12.0 Å². The number of hydrogen-bond donors (Lipinski definition) is 0. The van der Waals surface area contributed by atoms with Crippen LogP contribution in [0.4, 0.5) is 0 Å². The molecule has 7 heteroatoms. The SMILES string of the molecule is Cc1ccnn1Cc1nc2c3c4c(sc3ncn2n1)CC(C(C)(C)C)CC4. The summed E-state index contributed by atoms with van der Waals surface area (Å²) >= 11 is 1.84. The second-order valence-corrected chi connectivity index (χ2v) is 9.74. The number of hydrogen-bond acceptors (Lipinski definition) is 5. The maximum atomic E-state index is 4.86. The Kier molecular flexibility index (Phi) is 3.66. The van der Waals surface area contributed by atoms with Gasteiger partial charge in [-0.3, -0.25) is 4.68 Å². The van der Waals surface area contributed by atoms with E-state index in [9.17, 15) is 0 Å². The minimum atomic E-state index is 0.347. The highest BCUT2D eigenvalue weighted by atomic mass is 32.1. The summed E-state index contributed by atoms with van der Waals surface area (Å²) in [6.07, 6.45) is 7.11. The first-order chi connectivity index (χ1) is 12.9. The maximum Gasteiger partial charge on any atom is 0.173 e. The molecule has 4 aromatic rings. The van der Waals surface area contributed by atoms with E-state index in [1.165, 1.54) is 22.2 Å². The number of fused-ring (bicyclic) bond motifs is 5. The summed E-state index contributed by atoms with van der Waals surface area (Å²) in [6.45, 7) is 9.70. The van der Waals surface area contributed by atoms with Crippen LogP contribution in [0.3, 0.4) is 0 Å². The van der Waals surface area contributed by atoms with E-state index in [1.807, 2.05) is 39.7 Å². The van der Waals surface area contributed by atoms with Gasteiger partial charge >= 0.3 is 0 Å². The van der Waals surface area contributed by atoms with Gasteiger partial charge in [-0.05, 0) is 49.1 Å². The highest BCUT2D eigenvalue weighted by Gasteiger charge is 2.31. The molecule has 1 atom stereocenters. The molecule has 1 aliphatic carbocycles. The van der Waals surface area contributed by atoms with Crippen molar-refractivity contribution in [2.24, 2.45) is 11.3 Å². The second kappa shape index (κ2) is 5.86. The largest absolute Gasteiger partial charge is 0.262 e. The number of aryl methyl sites for hydroxylation is 2. The number of aromatic nitrogens is 6. The lowest BCUT2D eigenvalue weighted by Gasteiger charge is -2.33. The maximum absolute atomic E-state index is 4.86. The summed E-state index contributed by atoms with van der Waals surface area (Å²) in [5, 5.41) is 10.2. The summed E-state index contributed by atoms with van der Waals surface area (Å²) in [4.78, 5) is 12.1. The number of rotatable bonds is 2. The Hall–Kier alpha value is -2.28. The smallest absolute Gasteiger partial charge is 0.173 e. The van der Waals surface area contributed by atoms with Gasteiger partial charge in [0.1, 0.15) is 17.7 Å². The van der Waals surface area contributed by atoms with Crippen LogP contribution in [0, 0.1) is 18.3 Å². The molecule has 0 saturated heterocycles. The van der Waals surface area contributed by atoms with Crippen molar-refractivity contribution < 1.29 is 0 Å². The van der Waals surface area contributed by atoms with Gasteiger partial charge in [0.2, 0.25) is 0 Å². The summed E-state index contributed by atoms with van der Waals surface area (Å²) in [6, 6.07) is 2.00. The lowest BCUT2D eigenvalue weighted by Crippen LogP contribution is -2.26. The third kappa shape index (κ3) is 2.76. The van der Waals surface area contributed by atoms with Crippen molar-refractivity contribution in [3.05, 3.63) is 40.5 Å². The molecule has 1 unspecified atom stereocenters. The van der Waals surface area contributed by atoms with Crippen LogP contribution in [0.1, 0.15) is 49.2 Å². The topological polar surface area (TPSA) is 60.9 Å². The number of nitrogens with zero attached hydrogens (tertiary/aromatic N) is 6. The molecule has 4 aromatic heterocycles. The molecule has 6 nitrogen and oxygen atoms in total. The van der Waals surface area contributed by atoms with E-state index < -0.39 is 0 Å². The molecule has 0 bridgehead atoms. The fraction of sp³-hybridized carbons (Fsp3) is 0.500. The van der Waals surface area contributed by atoms with Gasteiger partial charge in [-0.25, -0.2) is 14.5 Å². The van der Waals surface area contributed by atoms with Crippen molar-refractivity contribution in [3.63, 3.8) is 0 Å². The van der Waals surface area contributed by atoms with Crippen molar-refractivity contribution in [1.82, 2.24) is 29.4 Å². The standard InChI is InChI=1S/C20H24N6S/c1-12-7-8-22-25(12)10-16-23-18-17-14-6-5-13(20(2,3)4)9-15(14)27-19(17)21-11-26(18)24-16/h7-8,11,13H,5-6,9-10H2,1-4H3. The Morgan fingerprint density at radius 3 is 2.89 bits per heavy atom. The van der Waals surface area contributed by atoms with E-state index in [-0.39, 0.29) is 0 Å². The molecule has 1 aliphatic rings. The van der Waals surface area contributed by atoms with Crippen LogP contribution in [0.15, 0.2) is 18.6 Å². The minimum absolute atomic E-state index is 0.347. The average Bonchev–Trinajstić information content (AvgIpc) is 3.29. The first-order valence-electron chi connectivity index (χ1n) is 9.53. The molecule has 0 amide bonds. The zero-order valence-corrected chi connectivity index (χ0v) is 17.0. The van der Waals surface area contributed by atoms with Gasteiger partial charge in [0.25, 0.3) is 0 Å². The molecule has 4 heterocycles. The molecule has 5 rings (SSSR count). The second-order valence-electron chi connectivity index (χ2n) is 8.66. The third-order valence-corrected chi connectivity index (χ3v) is 7.04. The predicted molar refractivity (Wildman–Crippen MR) is 107 cm³/mol. The van der Waals surface area contributed by atoms with Gasteiger partial charge in [0.05, 0.1) is 5.39 Å². The van der Waals surface area contributed by atoms with Crippen molar-refractivity contribution in [3.8, 4) is 0 Å². The van der Waals surface area contributed by atoms with Crippen molar-refractivity contribution >= 4 is 27.2 Å². The van der Waals surface area contributed by atoms with Crippen molar-refractivity contribution in [2.45, 2.75) is 53.5 Å². The van der Waals surface area contributed by atoms with Crippen LogP contribution in [0.5, 0.6) is 0 Å². The molecule has 27 heavy (non-hydrogen) atoms. The summed E-state index contributed by atoms with van der Waals surface area (Å²) in [5.41, 5.74) is 3.84. The Morgan fingerprint density at radius 1 is 1.30 bits per heavy atom. The molecular formula is C20H24N6S. The predicted octanol–water partition coefficient (Wildman–Crippen LogP) is 4.04. The lowest BCUT2D eigenvalue weighted by molar-refractivity contribution is 0.218. The van der Waals surface area contributed by atoms with Crippen molar-refractivity contribution in [2.75, 3.05) is 0 Å². The lowest BCUT2D eigenvalue weighted by atomic mass is 9.72. The first kappa shape index (κ1) is 16.9. The van der Waals surface area contributed by atoms with E-state index in [4.69, 9.17) is 4.98 Å². The fourth-order valence-electron chi connectivity index (χ4n) is 4.12. The van der Waals surface area contributed by atoms with Crippen LogP contribution in [-0.4, -0.2) is 29.4 Å². The summed E-state index contributed by atoms with van der Waals surface area (Å²) < 4.78 is 3.76. The van der Waals surface area contributed by atoms with Crippen LogP contribution < -0.4 is 0 Å². The Morgan fingerprint density at radius 2 is 2.15 bits per heavy atom. The fourth-order valence-corrected chi connectivity index (χ4v) is 5.38. The van der Waals surface area contributed by atoms with E-state index in [1.54, 1.807) is 6.33 Å². The van der Waals surface area contributed by atoms with Gasteiger partial charge in [-0.2, -0.15) is 5.10 Å². The molecule has 0 fully saturated rings. The van der Waals surface area contributed by atoms with Gasteiger partial charge in [0, 0.05) is 16.8 Å². The quantitative estimate of drug-likeness (QED) is 0.526. The zero-order chi connectivity index (χ0) is 18.8. The monoisotopic (exact) mass is 380 g/mol. The van der Waals surface area contributed by atoms with Gasteiger partial charge < -0.3 is 0 Å². The van der Waals surface area contributed by atoms with E-state index >= 15 is 0 Å². The van der Waals surface area contributed by atoms with Gasteiger partial charge in [-0.15, -0.1) is 16.4 Å². The first-order valence-corrected chi connectivity index (χ1v) is 10.3. The minimum Gasteiger partial charge on any atom is -0.262 e. The average molecular weight is 381 g/mol. The van der Waals surface area contributed by atoms with Crippen molar-refractivity contribution in [1.29, 1.82) is 0 Å². The molecule has 0 aliphatic heterocycles. The molecule has 0 radical (unpaired) electrons. The third-order valence-electron chi connectivity index (χ3n) is 5.87. The van der Waals surface area contributed by atoms with E-state index in [2.05, 4.69) is 36.0 Å². The highest BCUT2D eigenvalue weighted by Crippen LogP contribution is 2.43.